The predicted molar refractivity (Wildman–Crippen MR) is 167 cm³/mol. The van der Waals surface area contributed by atoms with Crippen molar-refractivity contribution in [2.75, 3.05) is 6.54 Å². The zero-order valence-electron chi connectivity index (χ0n) is 25.1. The number of amides is 2. The molecular weight excluding hydrogens is 613 g/mol. The van der Waals surface area contributed by atoms with Crippen LogP contribution in [-0.4, -0.2) is 33.2 Å². The smallest absolute Gasteiger partial charge is 0.261 e. The van der Waals surface area contributed by atoms with E-state index < -0.39 is 11.6 Å². The number of rotatable bonds is 8. The Hall–Kier alpha value is -4.77. The van der Waals surface area contributed by atoms with Crippen molar-refractivity contribution in [1.29, 1.82) is 0 Å². The maximum Gasteiger partial charge on any atom is 0.261 e. The Morgan fingerprint density at radius 1 is 0.957 bits per heavy atom. The van der Waals surface area contributed by atoms with Crippen LogP contribution < -0.4 is 5.32 Å². The molecule has 0 saturated carbocycles. The Morgan fingerprint density at radius 2 is 1.74 bits per heavy atom. The molecule has 1 fully saturated rings. The van der Waals surface area contributed by atoms with Crippen molar-refractivity contribution in [3.63, 3.8) is 0 Å². The van der Waals surface area contributed by atoms with Gasteiger partial charge in [0.05, 0.1) is 39.1 Å². The van der Waals surface area contributed by atoms with Gasteiger partial charge in [-0.25, -0.2) is 18.2 Å². The normalized spacial score (nSPS) is 15.4. The van der Waals surface area contributed by atoms with Crippen LogP contribution in [0.2, 0.25) is 0 Å². The number of hydrogen-bond acceptors (Lipinski definition) is 6. The minimum atomic E-state index is -0.984. The van der Waals surface area contributed by atoms with Crippen LogP contribution in [0.1, 0.15) is 73.0 Å². The summed E-state index contributed by atoms with van der Waals surface area (Å²) in [5.41, 5.74) is 5.29. The number of pyridine rings is 1. The van der Waals surface area contributed by atoms with Gasteiger partial charge >= 0.3 is 0 Å². The largest absolute Gasteiger partial charge is 0.441 e. The second kappa shape index (κ2) is 11.9. The van der Waals surface area contributed by atoms with Crippen molar-refractivity contribution < 1.29 is 27.2 Å². The Labute approximate surface area is 267 Å². The number of carbonyl (C=O) groups excluding carboxylic acids is 2. The minimum Gasteiger partial charge on any atom is -0.441 e. The standard InChI is InChI=1S/C35H29F3N4O3S/c1-18-33(45-19(2)40-18)29-25(12-8-20-5-9-22(36)10-6-20)41-32-26-4-3-15-42(26)35(44)31(32)30(29)27-13-14-28(46-27)34(43)39-17-21-7-11-23(37)24(38)16-21/h5-7,9-11,13-14,16,26H,3-4,8,12,15,17H2,1-2H3,(H,39,43)/t26-/m1/s1. The van der Waals surface area contributed by atoms with Crippen LogP contribution in [0.3, 0.4) is 0 Å². The SMILES string of the molecule is Cc1nc(C)c(-c2c(CCc3ccc(F)cc3)nc3c(c2-c2ccc(C(=O)NCc4ccc(F)c(F)c4)s2)C(=O)N2CCC[C@H]32)o1. The third-order valence-electron chi connectivity index (χ3n) is 8.55. The number of carbonyl (C=O) groups is 2. The topological polar surface area (TPSA) is 88.3 Å². The highest BCUT2D eigenvalue weighted by atomic mass is 32.1. The number of aryl methyl sites for hydroxylation is 4. The van der Waals surface area contributed by atoms with E-state index in [1.54, 1.807) is 25.1 Å². The van der Waals surface area contributed by atoms with Crippen LogP contribution in [0.5, 0.6) is 0 Å². The lowest BCUT2D eigenvalue weighted by Crippen LogP contribution is -2.22. The molecule has 2 aliphatic rings. The van der Waals surface area contributed by atoms with Crippen LogP contribution in [0.4, 0.5) is 13.2 Å². The second-order valence-electron chi connectivity index (χ2n) is 11.6. The lowest BCUT2D eigenvalue weighted by atomic mass is 9.91. The highest BCUT2D eigenvalue weighted by molar-refractivity contribution is 7.17. The first-order valence-electron chi connectivity index (χ1n) is 15.1. The van der Waals surface area contributed by atoms with E-state index in [-0.39, 0.29) is 30.2 Å². The number of hydrogen-bond donors (Lipinski definition) is 1. The molecule has 2 aromatic carbocycles. The third kappa shape index (κ3) is 5.38. The third-order valence-corrected chi connectivity index (χ3v) is 9.65. The molecule has 1 atom stereocenters. The molecule has 0 spiro atoms. The minimum absolute atomic E-state index is 0.0123. The summed E-state index contributed by atoms with van der Waals surface area (Å²) in [5.74, 6) is -1.75. The molecular formula is C35H29F3N4O3S. The van der Waals surface area contributed by atoms with Crippen molar-refractivity contribution in [1.82, 2.24) is 20.2 Å². The van der Waals surface area contributed by atoms with Crippen LogP contribution in [0, 0.1) is 31.3 Å². The fourth-order valence-electron chi connectivity index (χ4n) is 6.41. The average Bonchev–Trinajstić information content (AvgIpc) is 3.83. The van der Waals surface area contributed by atoms with Crippen LogP contribution >= 0.6 is 11.3 Å². The molecule has 0 aliphatic carbocycles. The molecule has 7 rings (SSSR count). The Balaban J connectivity index is 1.33. The molecule has 1 N–H and O–H groups in total. The molecule has 0 radical (unpaired) electrons. The Kier molecular flexibility index (Phi) is 7.72. The van der Waals surface area contributed by atoms with Crippen LogP contribution in [0.15, 0.2) is 59.0 Å². The van der Waals surface area contributed by atoms with Gasteiger partial charge in [0.25, 0.3) is 11.8 Å². The molecule has 2 aliphatic heterocycles. The molecule has 234 valence electrons. The van der Waals surface area contributed by atoms with Crippen molar-refractivity contribution in [2.24, 2.45) is 0 Å². The number of nitrogens with zero attached hydrogens (tertiary/aromatic N) is 3. The lowest BCUT2D eigenvalue weighted by Gasteiger charge is -2.17. The molecule has 1 saturated heterocycles. The summed E-state index contributed by atoms with van der Waals surface area (Å²) in [6.07, 6.45) is 2.77. The Bertz CT molecular complexity index is 2000. The van der Waals surface area contributed by atoms with E-state index in [9.17, 15) is 22.8 Å². The molecule has 0 unspecified atom stereocenters. The number of nitrogens with one attached hydrogen (secondary N) is 1. The number of halogens is 3. The first-order valence-corrected chi connectivity index (χ1v) is 15.9. The van der Waals surface area contributed by atoms with Gasteiger partial charge in [-0.05, 0) is 80.1 Å². The van der Waals surface area contributed by atoms with E-state index in [0.717, 1.165) is 41.9 Å². The van der Waals surface area contributed by atoms with Gasteiger partial charge in [0.15, 0.2) is 23.3 Å². The van der Waals surface area contributed by atoms with Gasteiger partial charge in [0.2, 0.25) is 0 Å². The molecule has 5 aromatic rings. The fourth-order valence-corrected chi connectivity index (χ4v) is 7.39. The first kappa shape index (κ1) is 29.9. The zero-order chi connectivity index (χ0) is 32.1. The number of aromatic nitrogens is 2. The average molecular weight is 643 g/mol. The number of benzene rings is 2. The number of oxazole rings is 1. The van der Waals surface area contributed by atoms with E-state index in [1.165, 1.54) is 29.5 Å². The van der Waals surface area contributed by atoms with Gasteiger partial charge in [-0.1, -0.05) is 18.2 Å². The summed E-state index contributed by atoms with van der Waals surface area (Å²) >= 11 is 1.23. The van der Waals surface area contributed by atoms with Gasteiger partial charge in [-0.3, -0.25) is 14.6 Å². The second-order valence-corrected chi connectivity index (χ2v) is 12.7. The van der Waals surface area contributed by atoms with E-state index >= 15 is 0 Å². The van der Waals surface area contributed by atoms with Gasteiger partial charge in [0.1, 0.15) is 5.82 Å². The van der Waals surface area contributed by atoms with Crippen molar-refractivity contribution in [2.45, 2.75) is 52.1 Å². The molecule has 11 heteroatoms. The maximum absolute atomic E-state index is 14.0. The summed E-state index contributed by atoms with van der Waals surface area (Å²) in [4.78, 5) is 39.8. The highest BCUT2D eigenvalue weighted by Crippen LogP contribution is 2.49. The van der Waals surface area contributed by atoms with Gasteiger partial charge in [-0.2, -0.15) is 0 Å². The van der Waals surface area contributed by atoms with Crippen LogP contribution in [-0.2, 0) is 19.4 Å². The summed E-state index contributed by atoms with van der Waals surface area (Å²) in [6, 6.07) is 13.2. The van der Waals surface area contributed by atoms with E-state index in [4.69, 9.17) is 9.40 Å². The van der Waals surface area contributed by atoms with Crippen LogP contribution in [0.25, 0.3) is 21.8 Å². The summed E-state index contributed by atoms with van der Waals surface area (Å²) in [6.45, 7) is 4.26. The van der Waals surface area contributed by atoms with Crippen molar-refractivity contribution in [3.8, 4) is 21.8 Å². The maximum atomic E-state index is 14.0. The Morgan fingerprint density at radius 3 is 2.48 bits per heavy atom. The van der Waals surface area contributed by atoms with Crippen molar-refractivity contribution >= 4 is 23.2 Å². The molecule has 2 amide bonds. The number of thiophene rings is 1. The molecule has 0 bridgehead atoms. The van der Waals surface area contributed by atoms with E-state index in [1.807, 2.05) is 17.9 Å². The molecule has 7 nitrogen and oxygen atoms in total. The van der Waals surface area contributed by atoms with Crippen molar-refractivity contribution in [3.05, 3.63) is 117 Å². The quantitative estimate of drug-likeness (QED) is 0.189. The summed E-state index contributed by atoms with van der Waals surface area (Å²) in [7, 11) is 0. The predicted octanol–water partition coefficient (Wildman–Crippen LogP) is 7.51. The van der Waals surface area contributed by atoms with E-state index in [0.29, 0.717) is 68.7 Å². The zero-order valence-corrected chi connectivity index (χ0v) is 25.9. The molecule has 3 aromatic heterocycles. The molecule has 5 heterocycles. The summed E-state index contributed by atoms with van der Waals surface area (Å²) < 4.78 is 46.9. The van der Waals surface area contributed by atoms with E-state index in [2.05, 4.69) is 10.3 Å². The van der Waals surface area contributed by atoms with Gasteiger partial charge in [0, 0.05) is 30.5 Å². The first-order chi connectivity index (χ1) is 22.2. The summed E-state index contributed by atoms with van der Waals surface area (Å²) in [5, 5.41) is 2.77. The number of fused-ring (bicyclic) bond motifs is 3. The monoisotopic (exact) mass is 642 g/mol. The molecule has 46 heavy (non-hydrogen) atoms. The fraction of sp³-hybridized carbons (Fsp3) is 0.257. The highest BCUT2D eigenvalue weighted by Gasteiger charge is 2.44. The van der Waals surface area contributed by atoms with Gasteiger partial charge < -0.3 is 14.6 Å². The van der Waals surface area contributed by atoms with Gasteiger partial charge in [-0.15, -0.1) is 11.3 Å². The lowest BCUT2D eigenvalue weighted by molar-refractivity contribution is 0.0776.